The molecular weight excluding hydrogens is 435 g/mol. The SMILES string of the molecule is CN(Cc1cnc2ccccn12)C(=O)CC1(c2cccc(F)c2)CC(=O)N(C2CCCC2)C1=O. The van der Waals surface area contributed by atoms with Crippen LogP contribution in [0.1, 0.15) is 49.8 Å². The highest BCUT2D eigenvalue weighted by atomic mass is 19.1. The van der Waals surface area contributed by atoms with Crippen LogP contribution < -0.4 is 0 Å². The van der Waals surface area contributed by atoms with Crippen LogP contribution in [0.2, 0.25) is 0 Å². The zero-order valence-corrected chi connectivity index (χ0v) is 19.1. The molecule has 5 rings (SSSR count). The molecule has 2 fully saturated rings. The molecule has 1 aromatic carbocycles. The first kappa shape index (κ1) is 22.3. The third-order valence-corrected chi connectivity index (χ3v) is 7.19. The Morgan fingerprint density at radius 3 is 2.74 bits per heavy atom. The minimum atomic E-state index is -1.40. The van der Waals surface area contributed by atoms with Gasteiger partial charge in [-0.1, -0.05) is 31.0 Å². The Kier molecular flexibility index (Phi) is 5.67. The fourth-order valence-corrected chi connectivity index (χ4v) is 5.37. The van der Waals surface area contributed by atoms with Gasteiger partial charge in [-0.15, -0.1) is 0 Å². The highest BCUT2D eigenvalue weighted by Gasteiger charge is 2.55. The third kappa shape index (κ3) is 3.77. The Hall–Kier alpha value is -3.55. The number of aromatic nitrogens is 2. The number of benzene rings is 1. The molecule has 1 aliphatic carbocycles. The number of rotatable bonds is 6. The molecule has 176 valence electrons. The van der Waals surface area contributed by atoms with E-state index in [1.165, 1.54) is 28.0 Å². The van der Waals surface area contributed by atoms with Gasteiger partial charge in [0.2, 0.25) is 17.7 Å². The Morgan fingerprint density at radius 1 is 1.18 bits per heavy atom. The van der Waals surface area contributed by atoms with Crippen molar-refractivity contribution < 1.29 is 18.8 Å². The second kappa shape index (κ2) is 8.66. The predicted octanol–water partition coefficient (Wildman–Crippen LogP) is 3.46. The highest BCUT2D eigenvalue weighted by Crippen LogP contribution is 2.43. The fourth-order valence-electron chi connectivity index (χ4n) is 5.37. The number of pyridine rings is 1. The van der Waals surface area contributed by atoms with Crippen LogP contribution in [0, 0.1) is 5.82 Å². The molecule has 3 amide bonds. The topological polar surface area (TPSA) is 75.0 Å². The summed E-state index contributed by atoms with van der Waals surface area (Å²) in [5.74, 6) is -1.45. The van der Waals surface area contributed by atoms with Crippen LogP contribution >= 0.6 is 0 Å². The monoisotopic (exact) mass is 462 g/mol. The van der Waals surface area contributed by atoms with E-state index in [1.807, 2.05) is 28.8 Å². The van der Waals surface area contributed by atoms with E-state index in [0.29, 0.717) is 5.56 Å². The molecule has 8 heteroatoms. The van der Waals surface area contributed by atoms with E-state index < -0.39 is 11.2 Å². The molecule has 1 unspecified atom stereocenters. The van der Waals surface area contributed by atoms with Crippen molar-refractivity contribution in [2.24, 2.45) is 0 Å². The maximum atomic E-state index is 14.2. The van der Waals surface area contributed by atoms with Gasteiger partial charge >= 0.3 is 0 Å². The molecule has 0 N–H and O–H groups in total. The molecule has 1 atom stereocenters. The molecule has 1 saturated heterocycles. The van der Waals surface area contributed by atoms with Crippen LogP contribution in [0.5, 0.6) is 0 Å². The second-order valence-electron chi connectivity index (χ2n) is 9.38. The molecule has 3 heterocycles. The van der Waals surface area contributed by atoms with Gasteiger partial charge in [0.15, 0.2) is 0 Å². The molecule has 34 heavy (non-hydrogen) atoms. The normalized spacial score (nSPS) is 21.1. The number of likely N-dealkylation sites (tertiary alicyclic amines) is 1. The van der Waals surface area contributed by atoms with E-state index in [1.54, 1.807) is 19.3 Å². The van der Waals surface area contributed by atoms with E-state index in [9.17, 15) is 18.8 Å². The number of amides is 3. The van der Waals surface area contributed by atoms with Crippen LogP contribution in [0.25, 0.3) is 5.65 Å². The van der Waals surface area contributed by atoms with E-state index in [2.05, 4.69) is 4.98 Å². The summed E-state index contributed by atoms with van der Waals surface area (Å²) in [6.07, 6.45) is 6.76. The van der Waals surface area contributed by atoms with Crippen molar-refractivity contribution >= 4 is 23.4 Å². The standard InChI is InChI=1S/C26H27FN4O3/c1-29(17-21-16-28-22-11-4-5-12-30(21)22)23(32)14-26(18-7-6-8-19(27)13-18)15-24(33)31(25(26)34)20-9-2-3-10-20/h4-8,11-13,16,20H,2-3,9-10,14-15,17H2,1H3. The van der Waals surface area contributed by atoms with Crippen LogP contribution in [-0.4, -0.2) is 50.0 Å². The van der Waals surface area contributed by atoms with Crippen molar-refractivity contribution in [2.45, 2.75) is 56.5 Å². The zero-order valence-electron chi connectivity index (χ0n) is 19.1. The van der Waals surface area contributed by atoms with Gasteiger partial charge in [0.05, 0.1) is 23.9 Å². The van der Waals surface area contributed by atoms with E-state index in [4.69, 9.17) is 0 Å². The molecule has 3 aromatic rings. The lowest BCUT2D eigenvalue weighted by molar-refractivity contribution is -0.144. The summed E-state index contributed by atoms with van der Waals surface area (Å²) < 4.78 is 16.1. The number of hydrogen-bond donors (Lipinski definition) is 0. The van der Waals surface area contributed by atoms with Crippen LogP contribution in [0.4, 0.5) is 4.39 Å². The summed E-state index contributed by atoms with van der Waals surface area (Å²) in [6, 6.07) is 11.3. The number of imidazole rings is 1. The maximum absolute atomic E-state index is 14.2. The number of hydrogen-bond acceptors (Lipinski definition) is 4. The summed E-state index contributed by atoms with van der Waals surface area (Å²) in [4.78, 5) is 47.5. The summed E-state index contributed by atoms with van der Waals surface area (Å²) in [5.41, 5.74) is 0.584. The zero-order chi connectivity index (χ0) is 23.9. The Bertz CT molecular complexity index is 1270. The predicted molar refractivity (Wildman–Crippen MR) is 123 cm³/mol. The number of imide groups is 1. The van der Waals surface area contributed by atoms with Gasteiger partial charge in [-0.3, -0.25) is 19.3 Å². The molecule has 1 saturated carbocycles. The highest BCUT2D eigenvalue weighted by molar-refractivity contribution is 6.11. The number of carbonyl (C=O) groups excluding carboxylic acids is 3. The Morgan fingerprint density at radius 2 is 1.97 bits per heavy atom. The van der Waals surface area contributed by atoms with Gasteiger partial charge in [-0.2, -0.15) is 0 Å². The number of nitrogens with zero attached hydrogens (tertiary/aromatic N) is 4. The van der Waals surface area contributed by atoms with Gasteiger partial charge < -0.3 is 9.30 Å². The van der Waals surface area contributed by atoms with Crippen molar-refractivity contribution in [3.8, 4) is 0 Å². The first-order chi connectivity index (χ1) is 16.4. The van der Waals surface area contributed by atoms with Gasteiger partial charge in [-0.25, -0.2) is 9.37 Å². The van der Waals surface area contributed by atoms with Crippen molar-refractivity contribution in [1.82, 2.24) is 19.2 Å². The van der Waals surface area contributed by atoms with Crippen molar-refractivity contribution in [2.75, 3.05) is 7.05 Å². The van der Waals surface area contributed by atoms with Crippen molar-refractivity contribution in [1.29, 1.82) is 0 Å². The van der Waals surface area contributed by atoms with Crippen LogP contribution in [0.3, 0.4) is 0 Å². The van der Waals surface area contributed by atoms with E-state index in [-0.39, 0.29) is 43.1 Å². The van der Waals surface area contributed by atoms with Gasteiger partial charge in [0.1, 0.15) is 11.5 Å². The fraction of sp³-hybridized carbons (Fsp3) is 0.385. The molecular formula is C26H27FN4O3. The number of halogens is 1. The third-order valence-electron chi connectivity index (χ3n) is 7.19. The van der Waals surface area contributed by atoms with Gasteiger partial charge in [-0.05, 0) is 42.7 Å². The van der Waals surface area contributed by atoms with Crippen LogP contribution in [-0.2, 0) is 26.3 Å². The maximum Gasteiger partial charge on any atom is 0.241 e. The molecule has 0 spiro atoms. The Labute approximate surface area is 197 Å². The minimum absolute atomic E-state index is 0.124. The van der Waals surface area contributed by atoms with Crippen molar-refractivity contribution in [3.05, 3.63) is 71.9 Å². The molecule has 7 nitrogen and oxygen atoms in total. The second-order valence-corrected chi connectivity index (χ2v) is 9.38. The number of fused-ring (bicyclic) bond motifs is 1. The van der Waals surface area contributed by atoms with Crippen LogP contribution in [0.15, 0.2) is 54.9 Å². The smallest absolute Gasteiger partial charge is 0.241 e. The average Bonchev–Trinajstić information content (AvgIpc) is 3.54. The summed E-state index contributed by atoms with van der Waals surface area (Å²) in [6.45, 7) is 0.289. The molecule has 2 aromatic heterocycles. The lowest BCUT2D eigenvalue weighted by Gasteiger charge is -2.30. The van der Waals surface area contributed by atoms with Crippen molar-refractivity contribution in [3.63, 3.8) is 0 Å². The summed E-state index contributed by atoms with van der Waals surface area (Å²) >= 11 is 0. The van der Waals surface area contributed by atoms with E-state index in [0.717, 1.165) is 37.0 Å². The summed E-state index contributed by atoms with van der Waals surface area (Å²) in [7, 11) is 1.67. The van der Waals surface area contributed by atoms with E-state index >= 15 is 0 Å². The molecule has 2 aliphatic rings. The largest absolute Gasteiger partial charge is 0.340 e. The Balaban J connectivity index is 1.44. The molecule has 0 radical (unpaired) electrons. The van der Waals surface area contributed by atoms with Gasteiger partial charge in [0, 0.05) is 32.1 Å². The first-order valence-corrected chi connectivity index (χ1v) is 11.7. The number of carbonyl (C=O) groups is 3. The quantitative estimate of drug-likeness (QED) is 0.526. The average molecular weight is 463 g/mol. The minimum Gasteiger partial charge on any atom is -0.340 e. The molecule has 0 bridgehead atoms. The summed E-state index contributed by atoms with van der Waals surface area (Å²) in [5, 5.41) is 0. The van der Waals surface area contributed by atoms with Gasteiger partial charge in [0.25, 0.3) is 0 Å². The molecule has 1 aliphatic heterocycles. The lowest BCUT2D eigenvalue weighted by atomic mass is 9.75. The lowest BCUT2D eigenvalue weighted by Crippen LogP contribution is -2.45. The first-order valence-electron chi connectivity index (χ1n) is 11.7.